The lowest BCUT2D eigenvalue weighted by atomic mass is 10.1. The third-order valence-electron chi connectivity index (χ3n) is 2.07. The Morgan fingerprint density at radius 2 is 2.00 bits per heavy atom. The van der Waals surface area contributed by atoms with Gasteiger partial charge in [0.1, 0.15) is 5.84 Å². The third kappa shape index (κ3) is 3.02. The van der Waals surface area contributed by atoms with Crippen LogP contribution in [0, 0.1) is 11.3 Å². The highest BCUT2D eigenvalue weighted by molar-refractivity contribution is 7.13. The molecule has 1 aromatic heterocycles. The van der Waals surface area contributed by atoms with Crippen molar-refractivity contribution in [3.8, 4) is 0 Å². The molecule has 84 valence electrons. The molecule has 0 radical (unpaired) electrons. The summed E-state index contributed by atoms with van der Waals surface area (Å²) in [6.45, 7) is 8.51. The molecule has 0 aromatic carbocycles. The van der Waals surface area contributed by atoms with Gasteiger partial charge in [0.25, 0.3) is 0 Å². The second kappa shape index (κ2) is 4.75. The quantitative estimate of drug-likeness (QED) is 0.611. The van der Waals surface area contributed by atoms with Crippen LogP contribution < -0.4 is 5.73 Å². The van der Waals surface area contributed by atoms with Gasteiger partial charge in [-0.3, -0.25) is 5.41 Å². The van der Waals surface area contributed by atoms with E-state index in [1.165, 1.54) is 0 Å². The standard InChI is InChI=1S/C11H19N3S/c1-6(2)5-8-14-9(7(3)4)10(15-8)11(12)13/h6-7H,5H2,1-4H3,(H3,12,13). The summed E-state index contributed by atoms with van der Waals surface area (Å²) in [6.07, 6.45) is 0.970. The molecule has 0 aliphatic carbocycles. The van der Waals surface area contributed by atoms with E-state index in [1.807, 2.05) is 0 Å². The van der Waals surface area contributed by atoms with Crippen LogP contribution in [0.25, 0.3) is 0 Å². The van der Waals surface area contributed by atoms with Crippen LogP contribution in [0.3, 0.4) is 0 Å². The molecule has 0 aliphatic heterocycles. The Bertz CT molecular complexity index is 353. The van der Waals surface area contributed by atoms with E-state index >= 15 is 0 Å². The minimum absolute atomic E-state index is 0.145. The van der Waals surface area contributed by atoms with Crippen molar-refractivity contribution in [2.45, 2.75) is 40.0 Å². The highest BCUT2D eigenvalue weighted by Gasteiger charge is 2.16. The van der Waals surface area contributed by atoms with Crippen molar-refractivity contribution in [3.05, 3.63) is 15.6 Å². The van der Waals surface area contributed by atoms with E-state index in [4.69, 9.17) is 11.1 Å². The van der Waals surface area contributed by atoms with Gasteiger partial charge in [0.2, 0.25) is 0 Å². The van der Waals surface area contributed by atoms with Gasteiger partial charge in [-0.2, -0.15) is 0 Å². The molecule has 3 N–H and O–H groups in total. The van der Waals surface area contributed by atoms with Crippen LogP contribution in [0.2, 0.25) is 0 Å². The van der Waals surface area contributed by atoms with Crippen molar-refractivity contribution >= 4 is 17.2 Å². The lowest BCUT2D eigenvalue weighted by Gasteiger charge is -2.02. The van der Waals surface area contributed by atoms with Crippen LogP contribution in [0.15, 0.2) is 0 Å². The number of nitrogens with zero attached hydrogens (tertiary/aromatic N) is 1. The molecule has 15 heavy (non-hydrogen) atoms. The zero-order valence-electron chi connectivity index (χ0n) is 9.79. The average Bonchev–Trinajstić information content (AvgIpc) is 2.46. The Morgan fingerprint density at radius 1 is 1.40 bits per heavy atom. The predicted molar refractivity (Wildman–Crippen MR) is 65.8 cm³/mol. The summed E-state index contributed by atoms with van der Waals surface area (Å²) in [5.41, 5.74) is 6.53. The van der Waals surface area contributed by atoms with E-state index in [0.29, 0.717) is 11.8 Å². The lowest BCUT2D eigenvalue weighted by Crippen LogP contribution is -2.12. The van der Waals surface area contributed by atoms with Crippen LogP contribution in [0.5, 0.6) is 0 Å². The first kappa shape index (κ1) is 12.2. The predicted octanol–water partition coefficient (Wildman–Crippen LogP) is 2.75. The summed E-state index contributed by atoms with van der Waals surface area (Å²) >= 11 is 1.56. The fourth-order valence-corrected chi connectivity index (χ4v) is 2.69. The fraction of sp³-hybridized carbons (Fsp3) is 0.636. The normalized spacial score (nSPS) is 11.3. The minimum Gasteiger partial charge on any atom is -0.383 e. The number of aromatic nitrogens is 1. The van der Waals surface area contributed by atoms with Crippen molar-refractivity contribution in [2.75, 3.05) is 0 Å². The van der Waals surface area contributed by atoms with Crippen molar-refractivity contribution in [2.24, 2.45) is 11.7 Å². The highest BCUT2D eigenvalue weighted by atomic mass is 32.1. The highest BCUT2D eigenvalue weighted by Crippen LogP contribution is 2.26. The Morgan fingerprint density at radius 3 is 2.33 bits per heavy atom. The molecule has 1 aromatic rings. The summed E-state index contributed by atoms with van der Waals surface area (Å²) < 4.78 is 0. The molecule has 0 amide bonds. The number of nitrogens with two attached hydrogens (primary N) is 1. The van der Waals surface area contributed by atoms with Gasteiger partial charge < -0.3 is 5.73 Å². The maximum Gasteiger partial charge on any atom is 0.135 e. The molecular weight excluding hydrogens is 206 g/mol. The van der Waals surface area contributed by atoms with Gasteiger partial charge in [0, 0.05) is 6.42 Å². The smallest absolute Gasteiger partial charge is 0.135 e. The largest absolute Gasteiger partial charge is 0.383 e. The molecule has 0 spiro atoms. The van der Waals surface area contributed by atoms with Crippen LogP contribution >= 0.6 is 11.3 Å². The Kier molecular flexibility index (Phi) is 3.85. The summed E-state index contributed by atoms with van der Waals surface area (Å²) in [7, 11) is 0. The topological polar surface area (TPSA) is 62.8 Å². The van der Waals surface area contributed by atoms with Crippen LogP contribution in [-0.2, 0) is 6.42 Å². The summed E-state index contributed by atoms with van der Waals surface area (Å²) in [5.74, 6) is 1.07. The zero-order valence-corrected chi connectivity index (χ0v) is 10.6. The van der Waals surface area contributed by atoms with Crippen molar-refractivity contribution in [1.29, 1.82) is 5.41 Å². The van der Waals surface area contributed by atoms with Gasteiger partial charge in [-0.15, -0.1) is 11.3 Å². The Labute approximate surface area is 95.2 Å². The monoisotopic (exact) mass is 225 g/mol. The molecule has 0 atom stereocenters. The van der Waals surface area contributed by atoms with Gasteiger partial charge in [-0.05, 0) is 11.8 Å². The number of hydrogen-bond donors (Lipinski definition) is 2. The summed E-state index contributed by atoms with van der Waals surface area (Å²) in [6, 6.07) is 0. The van der Waals surface area contributed by atoms with Crippen LogP contribution in [-0.4, -0.2) is 10.8 Å². The summed E-state index contributed by atoms with van der Waals surface area (Å²) in [4.78, 5) is 5.42. The van der Waals surface area contributed by atoms with E-state index in [9.17, 15) is 0 Å². The van der Waals surface area contributed by atoms with E-state index < -0.39 is 0 Å². The number of nitrogens with one attached hydrogen (secondary N) is 1. The second-order valence-electron chi connectivity index (χ2n) is 4.49. The molecule has 4 heteroatoms. The number of amidine groups is 1. The Balaban J connectivity index is 3.04. The van der Waals surface area contributed by atoms with Crippen molar-refractivity contribution < 1.29 is 0 Å². The molecule has 0 saturated carbocycles. The molecule has 0 unspecified atom stereocenters. The van der Waals surface area contributed by atoms with E-state index in [1.54, 1.807) is 11.3 Å². The number of hydrogen-bond acceptors (Lipinski definition) is 3. The summed E-state index contributed by atoms with van der Waals surface area (Å²) in [5, 5.41) is 8.61. The molecule has 0 saturated heterocycles. The second-order valence-corrected chi connectivity index (χ2v) is 5.57. The van der Waals surface area contributed by atoms with Crippen molar-refractivity contribution in [1.82, 2.24) is 4.98 Å². The minimum atomic E-state index is 0.145. The van der Waals surface area contributed by atoms with E-state index in [0.717, 1.165) is 22.0 Å². The van der Waals surface area contributed by atoms with Crippen LogP contribution in [0.1, 0.15) is 49.2 Å². The SMILES string of the molecule is CC(C)Cc1nc(C(C)C)c(C(=N)N)s1. The number of thiazole rings is 1. The first-order valence-electron chi connectivity index (χ1n) is 5.25. The van der Waals surface area contributed by atoms with Crippen LogP contribution in [0.4, 0.5) is 0 Å². The van der Waals surface area contributed by atoms with Gasteiger partial charge in [-0.25, -0.2) is 4.98 Å². The molecular formula is C11H19N3S. The average molecular weight is 225 g/mol. The zero-order chi connectivity index (χ0) is 11.6. The molecule has 0 fully saturated rings. The molecule has 1 rings (SSSR count). The van der Waals surface area contributed by atoms with E-state index in [-0.39, 0.29) is 5.84 Å². The van der Waals surface area contributed by atoms with Crippen molar-refractivity contribution in [3.63, 3.8) is 0 Å². The third-order valence-corrected chi connectivity index (χ3v) is 3.20. The molecule has 1 heterocycles. The number of nitrogen functional groups attached to an aromatic ring is 1. The van der Waals surface area contributed by atoms with E-state index in [2.05, 4.69) is 32.7 Å². The Hall–Kier alpha value is -0.900. The van der Waals surface area contributed by atoms with Gasteiger partial charge in [-0.1, -0.05) is 27.7 Å². The molecule has 0 bridgehead atoms. The van der Waals surface area contributed by atoms with Gasteiger partial charge >= 0.3 is 0 Å². The molecule has 3 nitrogen and oxygen atoms in total. The first-order valence-corrected chi connectivity index (χ1v) is 6.07. The number of rotatable bonds is 4. The maximum absolute atomic E-state index is 7.51. The first-order chi connectivity index (χ1) is 6.91. The lowest BCUT2D eigenvalue weighted by molar-refractivity contribution is 0.641. The van der Waals surface area contributed by atoms with Gasteiger partial charge in [0.05, 0.1) is 15.6 Å². The molecule has 0 aliphatic rings. The fourth-order valence-electron chi connectivity index (χ4n) is 1.40. The van der Waals surface area contributed by atoms with Gasteiger partial charge in [0.15, 0.2) is 0 Å². The maximum atomic E-state index is 7.51.